The van der Waals surface area contributed by atoms with Gasteiger partial charge >= 0.3 is 0 Å². The number of hydrogen-bond acceptors (Lipinski definition) is 3. The van der Waals surface area contributed by atoms with Crippen molar-refractivity contribution in [3.8, 4) is 0 Å². The molecule has 2 N–H and O–H groups in total. The zero-order valence-corrected chi connectivity index (χ0v) is 10.8. The summed E-state index contributed by atoms with van der Waals surface area (Å²) in [6.07, 6.45) is 3.89. The molecule has 5 heteroatoms. The highest BCUT2D eigenvalue weighted by atomic mass is 35.5. The van der Waals surface area contributed by atoms with Gasteiger partial charge in [0.2, 0.25) is 0 Å². The molecule has 0 radical (unpaired) electrons. The first-order valence-corrected chi connectivity index (χ1v) is 6.36. The van der Waals surface area contributed by atoms with Crippen LogP contribution in [0, 0.1) is 0 Å². The molecule has 0 saturated heterocycles. The van der Waals surface area contributed by atoms with Crippen LogP contribution in [-0.4, -0.2) is 21.0 Å². The molecule has 3 rings (SSSR count). The molecule has 0 unspecified atom stereocenters. The van der Waals surface area contributed by atoms with Crippen molar-refractivity contribution in [1.29, 1.82) is 0 Å². The van der Waals surface area contributed by atoms with Crippen LogP contribution < -0.4 is 5.73 Å². The van der Waals surface area contributed by atoms with Crippen molar-refractivity contribution >= 4 is 17.3 Å². The molecule has 0 bridgehead atoms. The van der Waals surface area contributed by atoms with Gasteiger partial charge in [0.1, 0.15) is 5.82 Å². The van der Waals surface area contributed by atoms with Crippen LogP contribution in [0.25, 0.3) is 0 Å². The Morgan fingerprint density at radius 2 is 2.17 bits per heavy atom. The fraction of sp³-hybridized carbons (Fsp3) is 0.308. The summed E-state index contributed by atoms with van der Waals surface area (Å²) in [6.45, 7) is 3.75. The lowest BCUT2D eigenvalue weighted by molar-refractivity contribution is 0.209. The van der Waals surface area contributed by atoms with E-state index >= 15 is 0 Å². The molecule has 18 heavy (non-hydrogen) atoms. The number of halogens is 1. The van der Waals surface area contributed by atoms with Crippen molar-refractivity contribution in [2.75, 3.05) is 12.3 Å². The van der Waals surface area contributed by atoms with Crippen molar-refractivity contribution < 1.29 is 0 Å². The Balaban J connectivity index is 1.74. The first kappa shape index (κ1) is 11.6. The number of nitrogens with zero attached hydrogens (tertiary/aromatic N) is 3. The number of aromatic nitrogens is 2. The molecule has 0 saturated carbocycles. The summed E-state index contributed by atoms with van der Waals surface area (Å²) in [7, 11) is 0. The number of nitrogens with two attached hydrogens (primary N) is 1. The van der Waals surface area contributed by atoms with E-state index in [0.717, 1.165) is 43.3 Å². The molecule has 2 heterocycles. The van der Waals surface area contributed by atoms with Gasteiger partial charge in [0.25, 0.3) is 0 Å². The predicted molar refractivity (Wildman–Crippen MR) is 72.2 cm³/mol. The van der Waals surface area contributed by atoms with Crippen molar-refractivity contribution in [2.45, 2.75) is 19.6 Å². The molecule has 1 aliphatic heterocycles. The van der Waals surface area contributed by atoms with Gasteiger partial charge in [-0.1, -0.05) is 11.6 Å². The van der Waals surface area contributed by atoms with Gasteiger partial charge in [-0.3, -0.25) is 4.90 Å². The SMILES string of the molecule is Nc1cc(Cl)cc(CN2CCn3ccnc3C2)c1. The van der Waals surface area contributed by atoms with Gasteiger partial charge in [-0.05, 0) is 23.8 Å². The summed E-state index contributed by atoms with van der Waals surface area (Å²) in [5.74, 6) is 1.12. The van der Waals surface area contributed by atoms with Gasteiger partial charge in [-0.15, -0.1) is 0 Å². The zero-order chi connectivity index (χ0) is 12.5. The molecule has 0 atom stereocenters. The third-order valence-corrected chi connectivity index (χ3v) is 3.43. The maximum Gasteiger partial charge on any atom is 0.122 e. The number of imidazole rings is 1. The first-order chi connectivity index (χ1) is 8.70. The summed E-state index contributed by atoms with van der Waals surface area (Å²) in [5.41, 5.74) is 7.68. The fourth-order valence-corrected chi connectivity index (χ4v) is 2.65. The third kappa shape index (κ3) is 2.35. The van der Waals surface area contributed by atoms with E-state index in [1.54, 1.807) is 6.07 Å². The van der Waals surface area contributed by atoms with E-state index in [1.807, 2.05) is 24.5 Å². The monoisotopic (exact) mass is 262 g/mol. The van der Waals surface area contributed by atoms with Gasteiger partial charge in [0, 0.05) is 42.7 Å². The molecular weight excluding hydrogens is 248 g/mol. The number of nitrogen functional groups attached to an aromatic ring is 1. The van der Waals surface area contributed by atoms with Gasteiger partial charge in [0.15, 0.2) is 0 Å². The summed E-state index contributed by atoms with van der Waals surface area (Å²) < 4.78 is 2.20. The largest absolute Gasteiger partial charge is 0.399 e. The molecule has 0 aliphatic carbocycles. The Morgan fingerprint density at radius 1 is 1.28 bits per heavy atom. The van der Waals surface area contributed by atoms with E-state index in [-0.39, 0.29) is 0 Å². The summed E-state index contributed by atoms with van der Waals surface area (Å²) in [5, 5.41) is 0.698. The third-order valence-electron chi connectivity index (χ3n) is 3.21. The van der Waals surface area contributed by atoms with Crippen LogP contribution in [-0.2, 0) is 19.6 Å². The molecular formula is C13H15ClN4. The Bertz CT molecular complexity index is 544. The molecule has 0 spiro atoms. The lowest BCUT2D eigenvalue weighted by Gasteiger charge is -2.27. The van der Waals surface area contributed by atoms with Crippen molar-refractivity contribution in [3.63, 3.8) is 0 Å². The number of benzene rings is 1. The van der Waals surface area contributed by atoms with E-state index in [1.165, 1.54) is 0 Å². The quantitative estimate of drug-likeness (QED) is 0.844. The molecule has 0 fully saturated rings. The smallest absolute Gasteiger partial charge is 0.122 e. The van der Waals surface area contributed by atoms with E-state index in [4.69, 9.17) is 17.3 Å². The second-order valence-corrected chi connectivity index (χ2v) is 5.08. The average Bonchev–Trinajstić information content (AvgIpc) is 2.74. The predicted octanol–water partition coefficient (Wildman–Crippen LogP) is 2.13. The Morgan fingerprint density at radius 3 is 3.00 bits per heavy atom. The molecule has 94 valence electrons. The Labute approximate surface area is 111 Å². The number of fused-ring (bicyclic) bond motifs is 1. The molecule has 1 aliphatic rings. The normalized spacial score (nSPS) is 15.6. The second kappa shape index (κ2) is 4.63. The molecule has 4 nitrogen and oxygen atoms in total. The van der Waals surface area contributed by atoms with Gasteiger partial charge in [-0.2, -0.15) is 0 Å². The summed E-state index contributed by atoms with van der Waals surface area (Å²) in [6, 6.07) is 5.72. The lowest BCUT2D eigenvalue weighted by Crippen LogP contribution is -2.33. The maximum atomic E-state index is 6.02. The second-order valence-electron chi connectivity index (χ2n) is 4.64. The summed E-state index contributed by atoms with van der Waals surface area (Å²) >= 11 is 6.02. The van der Waals surface area contributed by atoms with Gasteiger partial charge in [0.05, 0.1) is 6.54 Å². The van der Waals surface area contributed by atoms with Crippen molar-refractivity contribution in [1.82, 2.24) is 14.5 Å². The van der Waals surface area contributed by atoms with Crippen LogP contribution in [0.1, 0.15) is 11.4 Å². The van der Waals surface area contributed by atoms with Crippen LogP contribution in [0.15, 0.2) is 30.6 Å². The number of hydrogen-bond donors (Lipinski definition) is 1. The van der Waals surface area contributed by atoms with Crippen molar-refractivity contribution in [2.24, 2.45) is 0 Å². The summed E-state index contributed by atoms with van der Waals surface area (Å²) in [4.78, 5) is 6.71. The molecule has 2 aromatic rings. The van der Waals surface area contributed by atoms with Gasteiger partial charge < -0.3 is 10.3 Å². The first-order valence-electron chi connectivity index (χ1n) is 5.98. The minimum atomic E-state index is 0.698. The van der Waals surface area contributed by atoms with E-state index < -0.39 is 0 Å². The maximum absolute atomic E-state index is 6.02. The highest BCUT2D eigenvalue weighted by molar-refractivity contribution is 6.30. The molecule has 1 aromatic heterocycles. The fourth-order valence-electron chi connectivity index (χ4n) is 2.38. The van der Waals surface area contributed by atoms with Crippen LogP contribution in [0.2, 0.25) is 5.02 Å². The highest BCUT2D eigenvalue weighted by Crippen LogP contribution is 2.20. The van der Waals surface area contributed by atoms with Gasteiger partial charge in [-0.25, -0.2) is 4.98 Å². The van der Waals surface area contributed by atoms with E-state index in [2.05, 4.69) is 14.5 Å². The van der Waals surface area contributed by atoms with Crippen molar-refractivity contribution in [3.05, 3.63) is 47.0 Å². The van der Waals surface area contributed by atoms with Crippen LogP contribution in [0.3, 0.4) is 0 Å². The van der Waals surface area contributed by atoms with E-state index in [0.29, 0.717) is 5.02 Å². The minimum Gasteiger partial charge on any atom is -0.399 e. The Kier molecular flexibility index (Phi) is 2.97. The number of rotatable bonds is 2. The molecule has 1 aromatic carbocycles. The average molecular weight is 263 g/mol. The zero-order valence-electron chi connectivity index (χ0n) is 10.0. The highest BCUT2D eigenvalue weighted by Gasteiger charge is 2.16. The number of anilines is 1. The van der Waals surface area contributed by atoms with E-state index in [9.17, 15) is 0 Å². The lowest BCUT2D eigenvalue weighted by atomic mass is 10.2. The topological polar surface area (TPSA) is 47.1 Å². The minimum absolute atomic E-state index is 0.698. The Hall–Kier alpha value is -1.52. The standard InChI is InChI=1S/C13H15ClN4/c14-11-5-10(6-12(15)7-11)8-17-3-4-18-2-1-16-13(18)9-17/h1-2,5-7H,3-4,8-9,15H2. The molecule has 0 amide bonds. The van der Waals surface area contributed by atoms with Crippen LogP contribution in [0.4, 0.5) is 5.69 Å². The van der Waals surface area contributed by atoms with Crippen LogP contribution >= 0.6 is 11.6 Å². The van der Waals surface area contributed by atoms with Crippen LogP contribution in [0.5, 0.6) is 0 Å².